The van der Waals surface area contributed by atoms with Crippen molar-refractivity contribution < 1.29 is 0 Å². The summed E-state index contributed by atoms with van der Waals surface area (Å²) < 4.78 is 3.75. The molecule has 0 aliphatic carbocycles. The van der Waals surface area contributed by atoms with Gasteiger partial charge < -0.3 is 15.5 Å². The molecular weight excluding hydrogens is 450 g/mol. The van der Waals surface area contributed by atoms with Crippen LogP contribution in [0.25, 0.3) is 11.3 Å². The van der Waals surface area contributed by atoms with Gasteiger partial charge in [0, 0.05) is 43.1 Å². The minimum atomic E-state index is 0.184. The van der Waals surface area contributed by atoms with E-state index in [1.807, 2.05) is 33.7 Å². The zero-order valence-corrected chi connectivity index (χ0v) is 21.2. The number of hydrogen-bond acceptors (Lipinski definition) is 7. The molecule has 1 spiro atoms. The Hall–Kier alpha value is -3.46. The monoisotopic (exact) mass is 485 g/mol. The highest BCUT2D eigenvalue weighted by molar-refractivity contribution is 5.57. The highest BCUT2D eigenvalue weighted by Crippen LogP contribution is 2.32. The fourth-order valence-corrected chi connectivity index (χ4v) is 5.70. The Morgan fingerprint density at radius 2 is 1.94 bits per heavy atom. The number of anilines is 2. The summed E-state index contributed by atoms with van der Waals surface area (Å²) in [6, 6.07) is 10.2. The first-order chi connectivity index (χ1) is 17.6. The third-order valence-electron chi connectivity index (χ3n) is 7.63. The predicted molar refractivity (Wildman–Crippen MR) is 142 cm³/mol. The molecule has 2 saturated heterocycles. The van der Waals surface area contributed by atoms with Gasteiger partial charge in [0.2, 0.25) is 11.9 Å². The van der Waals surface area contributed by atoms with E-state index in [9.17, 15) is 0 Å². The smallest absolute Gasteiger partial charge is 0.230 e. The van der Waals surface area contributed by atoms with Gasteiger partial charge in [0.1, 0.15) is 0 Å². The first-order valence-corrected chi connectivity index (χ1v) is 13.2. The molecule has 2 N–H and O–H groups in total. The maximum Gasteiger partial charge on any atom is 0.230 e. The van der Waals surface area contributed by atoms with Crippen molar-refractivity contribution in [1.82, 2.24) is 34.7 Å². The molecule has 36 heavy (non-hydrogen) atoms. The minimum Gasteiger partial charge on any atom is -0.350 e. The molecule has 2 aliphatic heterocycles. The molecule has 2 aliphatic rings. The van der Waals surface area contributed by atoms with Crippen molar-refractivity contribution in [3.05, 3.63) is 60.0 Å². The highest BCUT2D eigenvalue weighted by Gasteiger charge is 2.37. The summed E-state index contributed by atoms with van der Waals surface area (Å²) in [7, 11) is 0. The Bertz CT molecular complexity index is 1310. The Kier molecular flexibility index (Phi) is 6.08. The molecule has 1 aromatic carbocycles. The molecule has 6 rings (SSSR count). The van der Waals surface area contributed by atoms with E-state index in [0.29, 0.717) is 18.4 Å². The SMILES string of the molecule is CC(C)c1cnn2c(NCc3ccccc3-n3cccn3)nc(N3CCCC4(CCCCN4)C3)nc12. The standard InChI is InChI=1S/C27H35N9/c1-20(2)22-18-31-36-24(22)32-26(34-15-7-12-27(19-34)11-5-6-13-29-27)33-25(36)28-17-21-9-3-4-10-23(21)35-16-8-14-30-35/h3-4,8-10,14,16,18,20,29H,5-7,11-13,15,17,19H2,1-2H3,(H,28,32,33). The van der Waals surface area contributed by atoms with Crippen LogP contribution in [-0.2, 0) is 6.54 Å². The Morgan fingerprint density at radius 1 is 1.06 bits per heavy atom. The molecule has 1 unspecified atom stereocenters. The van der Waals surface area contributed by atoms with Gasteiger partial charge in [-0.25, -0.2) is 4.68 Å². The van der Waals surface area contributed by atoms with Crippen molar-refractivity contribution in [3.8, 4) is 5.69 Å². The molecule has 2 fully saturated rings. The van der Waals surface area contributed by atoms with Gasteiger partial charge in [0.15, 0.2) is 5.65 Å². The number of aromatic nitrogens is 6. The lowest BCUT2D eigenvalue weighted by molar-refractivity contribution is 0.215. The maximum atomic E-state index is 5.07. The summed E-state index contributed by atoms with van der Waals surface area (Å²) in [5, 5.41) is 16.5. The van der Waals surface area contributed by atoms with Gasteiger partial charge in [-0.1, -0.05) is 38.5 Å². The van der Waals surface area contributed by atoms with Gasteiger partial charge >= 0.3 is 0 Å². The van der Waals surface area contributed by atoms with Crippen LogP contribution in [0.3, 0.4) is 0 Å². The van der Waals surface area contributed by atoms with E-state index in [0.717, 1.165) is 54.5 Å². The van der Waals surface area contributed by atoms with Gasteiger partial charge in [-0.2, -0.15) is 24.7 Å². The fraction of sp³-hybridized carbons (Fsp3) is 0.481. The predicted octanol–water partition coefficient (Wildman–Crippen LogP) is 4.16. The summed E-state index contributed by atoms with van der Waals surface area (Å²) in [6.45, 7) is 8.02. The number of nitrogens with one attached hydrogen (secondary N) is 2. The Labute approximate surface area is 211 Å². The summed E-state index contributed by atoms with van der Waals surface area (Å²) in [4.78, 5) is 12.5. The topological polar surface area (TPSA) is 88.2 Å². The molecule has 0 amide bonds. The molecule has 4 aromatic rings. The largest absolute Gasteiger partial charge is 0.350 e. The average Bonchev–Trinajstić information content (AvgIpc) is 3.58. The summed E-state index contributed by atoms with van der Waals surface area (Å²) in [5.74, 6) is 1.83. The lowest BCUT2D eigenvalue weighted by Gasteiger charge is -2.46. The molecule has 0 saturated carbocycles. The van der Waals surface area contributed by atoms with E-state index >= 15 is 0 Å². The molecule has 9 nitrogen and oxygen atoms in total. The van der Waals surface area contributed by atoms with E-state index in [1.165, 1.54) is 25.7 Å². The lowest BCUT2D eigenvalue weighted by atomic mass is 9.82. The molecule has 1 atom stereocenters. The zero-order chi connectivity index (χ0) is 24.5. The van der Waals surface area contributed by atoms with Gasteiger partial charge in [-0.3, -0.25) is 0 Å². The average molecular weight is 486 g/mol. The van der Waals surface area contributed by atoms with Crippen molar-refractivity contribution in [3.63, 3.8) is 0 Å². The number of nitrogens with zero attached hydrogens (tertiary/aromatic N) is 7. The van der Waals surface area contributed by atoms with E-state index in [1.54, 1.807) is 6.20 Å². The second kappa shape index (κ2) is 9.54. The molecule has 5 heterocycles. The third-order valence-corrected chi connectivity index (χ3v) is 7.63. The first-order valence-electron chi connectivity index (χ1n) is 13.2. The third kappa shape index (κ3) is 4.32. The number of rotatable bonds is 6. The molecule has 0 radical (unpaired) electrons. The summed E-state index contributed by atoms with van der Waals surface area (Å²) >= 11 is 0. The van der Waals surface area contributed by atoms with Gasteiger partial charge in [-0.15, -0.1) is 0 Å². The van der Waals surface area contributed by atoms with Crippen LogP contribution in [0.4, 0.5) is 11.9 Å². The fourth-order valence-electron chi connectivity index (χ4n) is 5.70. The number of hydrogen-bond donors (Lipinski definition) is 2. The minimum absolute atomic E-state index is 0.184. The Balaban J connectivity index is 1.34. The van der Waals surface area contributed by atoms with Crippen LogP contribution in [0.2, 0.25) is 0 Å². The second-order valence-corrected chi connectivity index (χ2v) is 10.5. The van der Waals surface area contributed by atoms with E-state index in [2.05, 4.69) is 57.8 Å². The second-order valence-electron chi connectivity index (χ2n) is 10.5. The number of fused-ring (bicyclic) bond motifs is 1. The highest BCUT2D eigenvalue weighted by atomic mass is 15.4. The number of piperidine rings is 2. The van der Waals surface area contributed by atoms with E-state index < -0.39 is 0 Å². The van der Waals surface area contributed by atoms with Gasteiger partial charge in [0.25, 0.3) is 0 Å². The van der Waals surface area contributed by atoms with Crippen molar-refractivity contribution in [2.45, 2.75) is 64.0 Å². The maximum absolute atomic E-state index is 5.07. The molecular formula is C27H35N9. The Morgan fingerprint density at radius 3 is 2.75 bits per heavy atom. The molecule has 188 valence electrons. The van der Waals surface area contributed by atoms with Crippen molar-refractivity contribution >= 4 is 17.5 Å². The van der Waals surface area contributed by atoms with Crippen molar-refractivity contribution in [2.24, 2.45) is 0 Å². The number of para-hydroxylation sites is 1. The molecule has 3 aromatic heterocycles. The van der Waals surface area contributed by atoms with Gasteiger partial charge in [0.05, 0.1) is 11.9 Å². The van der Waals surface area contributed by atoms with Crippen LogP contribution in [-0.4, -0.2) is 54.5 Å². The van der Waals surface area contributed by atoms with E-state index in [-0.39, 0.29) is 5.54 Å². The van der Waals surface area contributed by atoms with Crippen LogP contribution in [0.1, 0.15) is 63.0 Å². The van der Waals surface area contributed by atoms with Crippen LogP contribution in [0.5, 0.6) is 0 Å². The van der Waals surface area contributed by atoms with Crippen LogP contribution in [0, 0.1) is 0 Å². The summed E-state index contributed by atoms with van der Waals surface area (Å²) in [6.07, 6.45) is 11.9. The normalized spacial score (nSPS) is 20.5. The first kappa shape index (κ1) is 23.0. The molecule has 9 heteroatoms. The van der Waals surface area contributed by atoms with E-state index in [4.69, 9.17) is 9.97 Å². The lowest BCUT2D eigenvalue weighted by Crippen LogP contribution is -2.59. The van der Waals surface area contributed by atoms with Crippen LogP contribution < -0.4 is 15.5 Å². The van der Waals surface area contributed by atoms with Gasteiger partial charge in [-0.05, 0) is 55.8 Å². The molecule has 0 bridgehead atoms. The van der Waals surface area contributed by atoms with Crippen molar-refractivity contribution in [1.29, 1.82) is 0 Å². The number of benzene rings is 1. The summed E-state index contributed by atoms with van der Waals surface area (Å²) in [5.41, 5.74) is 4.39. The van der Waals surface area contributed by atoms with Crippen LogP contribution in [0.15, 0.2) is 48.9 Å². The van der Waals surface area contributed by atoms with Crippen molar-refractivity contribution in [2.75, 3.05) is 29.9 Å². The zero-order valence-electron chi connectivity index (χ0n) is 21.2. The quantitative estimate of drug-likeness (QED) is 0.424. The van der Waals surface area contributed by atoms with Crippen LogP contribution >= 0.6 is 0 Å².